The van der Waals surface area contributed by atoms with Crippen LogP contribution in [0.2, 0.25) is 0 Å². The highest BCUT2D eigenvalue weighted by Gasteiger charge is 2.54. The van der Waals surface area contributed by atoms with Crippen molar-refractivity contribution in [1.29, 1.82) is 0 Å². The molecule has 1 saturated heterocycles. The highest BCUT2D eigenvalue weighted by Crippen LogP contribution is 2.60. The van der Waals surface area contributed by atoms with E-state index < -0.39 is 0 Å². The predicted molar refractivity (Wildman–Crippen MR) is 71.0 cm³/mol. The summed E-state index contributed by atoms with van der Waals surface area (Å²) in [6.07, 6.45) is 8.18. The van der Waals surface area contributed by atoms with Crippen molar-refractivity contribution in [2.75, 3.05) is 6.61 Å². The number of carbonyl (C=O) groups is 1. The minimum atomic E-state index is -0.0469. The van der Waals surface area contributed by atoms with Gasteiger partial charge < -0.3 is 4.74 Å². The summed E-state index contributed by atoms with van der Waals surface area (Å²) in [5, 5.41) is 0. The van der Waals surface area contributed by atoms with Crippen molar-refractivity contribution in [2.24, 2.45) is 22.7 Å². The number of allylic oxidation sites excluding steroid dienone is 1. The van der Waals surface area contributed by atoms with Crippen LogP contribution in [0.5, 0.6) is 0 Å². The fourth-order valence-electron chi connectivity index (χ4n) is 4.98. The zero-order chi connectivity index (χ0) is 13.0. The van der Waals surface area contributed by atoms with Crippen LogP contribution in [-0.2, 0) is 9.53 Å². The Kier molecular flexibility index (Phi) is 2.62. The van der Waals surface area contributed by atoms with E-state index in [1.807, 2.05) is 0 Å². The van der Waals surface area contributed by atoms with Crippen LogP contribution >= 0.6 is 0 Å². The SMILES string of the molecule is CC1(C)CCC[C@]2(C)[C@H]3CCOC(=O)C3=CC[C@@H]12. The zero-order valence-corrected chi connectivity index (χ0v) is 11.8. The molecule has 100 valence electrons. The molecule has 2 heteroatoms. The van der Waals surface area contributed by atoms with Crippen LogP contribution in [0.25, 0.3) is 0 Å². The molecular weight excluding hydrogens is 224 g/mol. The summed E-state index contributed by atoms with van der Waals surface area (Å²) in [5.41, 5.74) is 1.71. The minimum Gasteiger partial charge on any atom is -0.462 e. The average Bonchev–Trinajstić information content (AvgIpc) is 2.29. The Bertz CT molecular complexity index is 407. The molecule has 0 aromatic rings. The van der Waals surface area contributed by atoms with Gasteiger partial charge in [-0.15, -0.1) is 0 Å². The fourth-order valence-corrected chi connectivity index (χ4v) is 4.98. The second kappa shape index (κ2) is 3.85. The van der Waals surface area contributed by atoms with Gasteiger partial charge >= 0.3 is 5.97 Å². The Balaban J connectivity index is 2.02. The molecule has 3 atom stereocenters. The lowest BCUT2D eigenvalue weighted by Crippen LogP contribution is -2.51. The smallest absolute Gasteiger partial charge is 0.333 e. The summed E-state index contributed by atoms with van der Waals surface area (Å²) >= 11 is 0. The molecule has 1 aliphatic heterocycles. The molecule has 1 heterocycles. The minimum absolute atomic E-state index is 0.0469. The Labute approximate surface area is 110 Å². The normalized spacial score (nSPS) is 42.4. The van der Waals surface area contributed by atoms with E-state index in [-0.39, 0.29) is 5.97 Å². The van der Waals surface area contributed by atoms with E-state index >= 15 is 0 Å². The number of hydrogen-bond donors (Lipinski definition) is 0. The molecule has 0 radical (unpaired) electrons. The molecule has 0 aromatic heterocycles. The Morgan fingerprint density at radius 2 is 2.06 bits per heavy atom. The van der Waals surface area contributed by atoms with E-state index in [0.717, 1.165) is 24.3 Å². The van der Waals surface area contributed by atoms with E-state index in [4.69, 9.17) is 4.74 Å². The highest BCUT2D eigenvalue weighted by molar-refractivity contribution is 5.90. The largest absolute Gasteiger partial charge is 0.462 e. The van der Waals surface area contributed by atoms with Gasteiger partial charge in [0.2, 0.25) is 0 Å². The molecule has 2 fully saturated rings. The number of cyclic esters (lactones) is 1. The van der Waals surface area contributed by atoms with Crippen molar-refractivity contribution in [1.82, 2.24) is 0 Å². The van der Waals surface area contributed by atoms with E-state index in [9.17, 15) is 4.79 Å². The topological polar surface area (TPSA) is 26.3 Å². The first-order chi connectivity index (χ1) is 8.45. The van der Waals surface area contributed by atoms with Gasteiger partial charge in [-0.2, -0.15) is 0 Å². The third kappa shape index (κ3) is 1.57. The second-order valence-corrected chi connectivity index (χ2v) is 7.27. The lowest BCUT2D eigenvalue weighted by Gasteiger charge is -2.57. The first-order valence-electron chi connectivity index (χ1n) is 7.32. The third-order valence-electron chi connectivity index (χ3n) is 5.90. The molecule has 0 bridgehead atoms. The van der Waals surface area contributed by atoms with Gasteiger partial charge in [-0.25, -0.2) is 4.79 Å². The first-order valence-corrected chi connectivity index (χ1v) is 7.32. The zero-order valence-electron chi connectivity index (χ0n) is 11.8. The number of fused-ring (bicyclic) bond motifs is 3. The van der Waals surface area contributed by atoms with Gasteiger partial charge in [0, 0.05) is 5.57 Å². The number of hydrogen-bond acceptors (Lipinski definition) is 2. The van der Waals surface area contributed by atoms with Crippen molar-refractivity contribution < 1.29 is 9.53 Å². The maximum Gasteiger partial charge on any atom is 0.333 e. The van der Waals surface area contributed by atoms with Crippen LogP contribution in [0.3, 0.4) is 0 Å². The van der Waals surface area contributed by atoms with Gasteiger partial charge in [0.1, 0.15) is 0 Å². The van der Waals surface area contributed by atoms with Crippen LogP contribution in [-0.4, -0.2) is 12.6 Å². The van der Waals surface area contributed by atoms with Crippen LogP contribution in [0.1, 0.15) is 52.9 Å². The lowest BCUT2D eigenvalue weighted by molar-refractivity contribution is -0.148. The van der Waals surface area contributed by atoms with Gasteiger partial charge in [0.15, 0.2) is 0 Å². The van der Waals surface area contributed by atoms with Crippen LogP contribution < -0.4 is 0 Å². The summed E-state index contributed by atoms with van der Waals surface area (Å²) in [6.45, 7) is 7.86. The van der Waals surface area contributed by atoms with Gasteiger partial charge in [-0.3, -0.25) is 0 Å². The van der Waals surface area contributed by atoms with E-state index in [2.05, 4.69) is 26.8 Å². The summed E-state index contributed by atoms with van der Waals surface area (Å²) in [7, 11) is 0. The number of esters is 1. The Hall–Kier alpha value is -0.790. The van der Waals surface area contributed by atoms with Crippen molar-refractivity contribution >= 4 is 5.97 Å². The van der Waals surface area contributed by atoms with E-state index in [1.54, 1.807) is 0 Å². The van der Waals surface area contributed by atoms with Gasteiger partial charge in [-0.05, 0) is 48.3 Å². The maximum atomic E-state index is 11.9. The first kappa shape index (κ1) is 12.3. The van der Waals surface area contributed by atoms with Gasteiger partial charge in [-0.1, -0.05) is 33.3 Å². The van der Waals surface area contributed by atoms with E-state index in [0.29, 0.717) is 23.4 Å². The molecule has 2 nitrogen and oxygen atoms in total. The molecule has 2 aliphatic carbocycles. The number of rotatable bonds is 0. The fraction of sp³-hybridized carbons (Fsp3) is 0.812. The number of carbonyl (C=O) groups excluding carboxylic acids is 1. The van der Waals surface area contributed by atoms with Crippen molar-refractivity contribution in [3.63, 3.8) is 0 Å². The average molecular weight is 248 g/mol. The summed E-state index contributed by atoms with van der Waals surface area (Å²) in [5.74, 6) is 1.12. The molecule has 0 amide bonds. The van der Waals surface area contributed by atoms with Crippen molar-refractivity contribution in [3.05, 3.63) is 11.6 Å². The third-order valence-corrected chi connectivity index (χ3v) is 5.90. The standard InChI is InChI=1S/C16H24O2/c1-15(2)8-4-9-16(3)12-7-10-18-14(17)11(12)5-6-13(15)16/h5,12-13H,4,6-10H2,1-3H3/t12-,13-,16+/m0/s1. The highest BCUT2D eigenvalue weighted by atomic mass is 16.5. The summed E-state index contributed by atoms with van der Waals surface area (Å²) in [6, 6.07) is 0. The molecule has 3 aliphatic rings. The van der Waals surface area contributed by atoms with Crippen LogP contribution in [0, 0.1) is 22.7 Å². The molecule has 1 saturated carbocycles. The quantitative estimate of drug-likeness (QED) is 0.611. The van der Waals surface area contributed by atoms with Crippen LogP contribution in [0.15, 0.2) is 11.6 Å². The van der Waals surface area contributed by atoms with Crippen molar-refractivity contribution in [2.45, 2.75) is 52.9 Å². The summed E-state index contributed by atoms with van der Waals surface area (Å²) in [4.78, 5) is 11.9. The molecular formula is C16H24O2. The molecule has 0 N–H and O–H groups in total. The number of ether oxygens (including phenoxy) is 1. The molecule has 18 heavy (non-hydrogen) atoms. The van der Waals surface area contributed by atoms with E-state index in [1.165, 1.54) is 19.3 Å². The lowest BCUT2D eigenvalue weighted by atomic mass is 9.48. The molecule has 0 aromatic carbocycles. The molecule has 0 unspecified atom stereocenters. The van der Waals surface area contributed by atoms with Crippen molar-refractivity contribution in [3.8, 4) is 0 Å². The van der Waals surface area contributed by atoms with Gasteiger partial charge in [0.05, 0.1) is 6.61 Å². The van der Waals surface area contributed by atoms with Gasteiger partial charge in [0.25, 0.3) is 0 Å². The molecule has 0 spiro atoms. The second-order valence-electron chi connectivity index (χ2n) is 7.27. The van der Waals surface area contributed by atoms with Crippen LogP contribution in [0.4, 0.5) is 0 Å². The maximum absolute atomic E-state index is 11.9. The monoisotopic (exact) mass is 248 g/mol. The molecule has 3 rings (SSSR count). The Morgan fingerprint density at radius 3 is 2.83 bits per heavy atom. The Morgan fingerprint density at radius 1 is 1.28 bits per heavy atom. The summed E-state index contributed by atoms with van der Waals surface area (Å²) < 4.78 is 5.22. The predicted octanol–water partition coefficient (Wildman–Crippen LogP) is 3.71.